The van der Waals surface area contributed by atoms with Crippen LogP contribution in [-0.4, -0.2) is 32.5 Å². The average Bonchev–Trinajstić information content (AvgIpc) is 3.23. The van der Waals surface area contributed by atoms with E-state index in [0.29, 0.717) is 34.3 Å². The zero-order chi connectivity index (χ0) is 16.0. The number of hydrogen-bond donors (Lipinski definition) is 1. The summed E-state index contributed by atoms with van der Waals surface area (Å²) < 4.78 is 10.9. The summed E-state index contributed by atoms with van der Waals surface area (Å²) in [4.78, 5) is 17.8. The van der Waals surface area contributed by atoms with Crippen LogP contribution in [0.1, 0.15) is 41.0 Å². The number of aromatic amines is 1. The van der Waals surface area contributed by atoms with Gasteiger partial charge >= 0.3 is 0 Å². The van der Waals surface area contributed by atoms with Gasteiger partial charge in [0.05, 0.1) is 5.52 Å². The van der Waals surface area contributed by atoms with Crippen molar-refractivity contribution in [1.82, 2.24) is 20.1 Å². The van der Waals surface area contributed by atoms with Crippen LogP contribution in [0.25, 0.3) is 11.1 Å². The summed E-state index contributed by atoms with van der Waals surface area (Å²) in [6.45, 7) is 2.41. The Morgan fingerprint density at radius 1 is 1.39 bits per heavy atom. The van der Waals surface area contributed by atoms with Crippen LogP contribution in [0, 0.1) is 11.8 Å². The summed E-state index contributed by atoms with van der Waals surface area (Å²) in [6.07, 6.45) is 1.73. The lowest BCUT2D eigenvalue weighted by atomic mass is 10.1. The van der Waals surface area contributed by atoms with E-state index in [1.165, 1.54) is 0 Å². The number of aryl methyl sites for hydroxylation is 1. The van der Waals surface area contributed by atoms with Crippen LogP contribution in [0.5, 0.6) is 0 Å². The lowest BCUT2D eigenvalue weighted by molar-refractivity contribution is 0.0715. The number of carbonyl (C=O) groups is 1. The third-order valence-corrected chi connectivity index (χ3v) is 4.19. The van der Waals surface area contributed by atoms with E-state index >= 15 is 0 Å². The van der Waals surface area contributed by atoms with Crippen molar-refractivity contribution in [2.45, 2.75) is 25.8 Å². The second-order valence-electron chi connectivity index (χ2n) is 5.54. The first-order valence-corrected chi connectivity index (χ1v) is 7.76. The number of aromatic nitrogens is 3. The molecule has 0 unspecified atom stereocenters. The monoisotopic (exact) mass is 330 g/mol. The Kier molecular flexibility index (Phi) is 3.26. The van der Waals surface area contributed by atoms with Gasteiger partial charge in [0, 0.05) is 19.0 Å². The standard InChI is InChI=1S/C15H14N4O3S/c1-8-17-18-13(21-8)11-3-2-6-19(11)14(20)9-4-5-10-12(7-9)22-15(23)16-10/h4-5,7,11H,2-3,6H2,1H3,(H,16,23)/t11-/m1/s1. The molecule has 118 valence electrons. The minimum Gasteiger partial charge on any atom is -0.429 e. The molecule has 0 aliphatic carbocycles. The van der Waals surface area contributed by atoms with Crippen molar-refractivity contribution in [3.05, 3.63) is 40.4 Å². The van der Waals surface area contributed by atoms with Gasteiger partial charge in [0.2, 0.25) is 11.8 Å². The summed E-state index contributed by atoms with van der Waals surface area (Å²) in [5.74, 6) is 0.922. The Morgan fingerprint density at radius 2 is 2.26 bits per heavy atom. The number of nitrogens with one attached hydrogen (secondary N) is 1. The highest BCUT2D eigenvalue weighted by atomic mass is 32.1. The molecule has 23 heavy (non-hydrogen) atoms. The number of fused-ring (bicyclic) bond motifs is 1. The van der Waals surface area contributed by atoms with Gasteiger partial charge in [-0.05, 0) is 43.3 Å². The number of amides is 1. The average molecular weight is 330 g/mol. The van der Waals surface area contributed by atoms with E-state index in [0.717, 1.165) is 18.4 Å². The Morgan fingerprint density at radius 3 is 3.04 bits per heavy atom. The van der Waals surface area contributed by atoms with Gasteiger partial charge in [-0.15, -0.1) is 10.2 Å². The zero-order valence-electron chi connectivity index (χ0n) is 12.4. The highest BCUT2D eigenvalue weighted by Gasteiger charge is 2.34. The van der Waals surface area contributed by atoms with Gasteiger partial charge in [0.15, 0.2) is 5.58 Å². The van der Waals surface area contributed by atoms with E-state index in [1.807, 2.05) is 0 Å². The normalized spacial score (nSPS) is 18.0. The second-order valence-corrected chi connectivity index (χ2v) is 5.91. The minimum absolute atomic E-state index is 0.0763. The molecule has 4 rings (SSSR count). The fourth-order valence-corrected chi connectivity index (χ4v) is 3.16. The number of rotatable bonds is 2. The molecule has 0 radical (unpaired) electrons. The third kappa shape index (κ3) is 2.44. The van der Waals surface area contributed by atoms with E-state index in [4.69, 9.17) is 21.1 Å². The molecule has 1 N–H and O–H groups in total. The molecule has 3 heterocycles. The first-order chi connectivity index (χ1) is 11.1. The molecule has 1 aromatic carbocycles. The van der Waals surface area contributed by atoms with Crippen molar-refractivity contribution >= 4 is 29.2 Å². The maximum atomic E-state index is 12.8. The van der Waals surface area contributed by atoms with Crippen LogP contribution < -0.4 is 0 Å². The Balaban J connectivity index is 1.67. The Bertz CT molecular complexity index is 941. The number of H-pyrrole nitrogens is 1. The highest BCUT2D eigenvalue weighted by molar-refractivity contribution is 7.71. The van der Waals surface area contributed by atoms with Gasteiger partial charge in [0.1, 0.15) is 6.04 Å². The third-order valence-electron chi connectivity index (χ3n) is 4.01. The van der Waals surface area contributed by atoms with Gasteiger partial charge in [0.25, 0.3) is 10.7 Å². The van der Waals surface area contributed by atoms with Gasteiger partial charge < -0.3 is 18.7 Å². The molecule has 8 heteroatoms. The lowest BCUT2D eigenvalue weighted by Crippen LogP contribution is -2.30. The van der Waals surface area contributed by atoms with E-state index < -0.39 is 0 Å². The number of oxazole rings is 1. The summed E-state index contributed by atoms with van der Waals surface area (Å²) in [5.41, 5.74) is 1.90. The molecule has 1 amide bonds. The molecule has 0 bridgehead atoms. The lowest BCUT2D eigenvalue weighted by Gasteiger charge is -2.22. The summed E-state index contributed by atoms with van der Waals surface area (Å²) in [7, 11) is 0. The van der Waals surface area contributed by atoms with E-state index in [2.05, 4.69) is 15.2 Å². The number of likely N-dealkylation sites (tertiary alicyclic amines) is 1. The van der Waals surface area contributed by atoms with Crippen molar-refractivity contribution in [2.24, 2.45) is 0 Å². The quantitative estimate of drug-likeness (QED) is 0.726. The maximum Gasteiger partial charge on any atom is 0.266 e. The summed E-state index contributed by atoms with van der Waals surface area (Å²) >= 11 is 4.97. The molecule has 1 atom stereocenters. The van der Waals surface area contributed by atoms with Crippen LogP contribution >= 0.6 is 12.2 Å². The molecule has 2 aromatic heterocycles. The van der Waals surface area contributed by atoms with Gasteiger partial charge in [-0.25, -0.2) is 0 Å². The smallest absolute Gasteiger partial charge is 0.266 e. The van der Waals surface area contributed by atoms with Crippen LogP contribution in [0.3, 0.4) is 0 Å². The Labute approximate surface area is 136 Å². The van der Waals surface area contributed by atoms with Crippen LogP contribution in [-0.2, 0) is 0 Å². The molecule has 0 saturated carbocycles. The predicted molar refractivity (Wildman–Crippen MR) is 83.4 cm³/mol. The largest absolute Gasteiger partial charge is 0.429 e. The SMILES string of the molecule is Cc1nnc([C@H]2CCCN2C(=O)c2ccc3[nH]c(=S)oc3c2)o1. The van der Waals surface area contributed by atoms with Crippen molar-refractivity contribution in [3.63, 3.8) is 0 Å². The fraction of sp³-hybridized carbons (Fsp3) is 0.333. The van der Waals surface area contributed by atoms with Crippen molar-refractivity contribution in [1.29, 1.82) is 0 Å². The Hall–Kier alpha value is -2.48. The second kappa shape index (κ2) is 5.31. The van der Waals surface area contributed by atoms with Gasteiger partial charge in [-0.3, -0.25) is 4.79 Å². The van der Waals surface area contributed by atoms with E-state index in [-0.39, 0.29) is 11.9 Å². The van der Waals surface area contributed by atoms with E-state index in [1.54, 1.807) is 30.0 Å². The molecule has 1 aliphatic heterocycles. The molecular formula is C15H14N4O3S. The first kappa shape index (κ1) is 14.1. The van der Waals surface area contributed by atoms with Gasteiger partial charge in [-0.1, -0.05) is 0 Å². The number of nitrogens with zero attached hydrogens (tertiary/aromatic N) is 3. The first-order valence-electron chi connectivity index (χ1n) is 7.35. The summed E-state index contributed by atoms with van der Waals surface area (Å²) in [6, 6.07) is 5.10. The summed E-state index contributed by atoms with van der Waals surface area (Å²) in [5, 5.41) is 7.92. The van der Waals surface area contributed by atoms with Crippen LogP contribution in [0.15, 0.2) is 27.0 Å². The molecule has 3 aromatic rings. The van der Waals surface area contributed by atoms with Crippen molar-refractivity contribution in [2.75, 3.05) is 6.54 Å². The van der Waals surface area contributed by atoms with Crippen molar-refractivity contribution in [3.8, 4) is 0 Å². The highest BCUT2D eigenvalue weighted by Crippen LogP contribution is 2.32. The van der Waals surface area contributed by atoms with Gasteiger partial charge in [-0.2, -0.15) is 0 Å². The number of benzene rings is 1. The van der Waals surface area contributed by atoms with Crippen LogP contribution in [0.4, 0.5) is 0 Å². The van der Waals surface area contributed by atoms with E-state index in [9.17, 15) is 4.79 Å². The maximum absolute atomic E-state index is 12.8. The fourth-order valence-electron chi connectivity index (χ4n) is 2.96. The number of hydrogen-bond acceptors (Lipinski definition) is 6. The number of carbonyl (C=O) groups excluding carboxylic acids is 1. The molecule has 1 aliphatic rings. The zero-order valence-corrected chi connectivity index (χ0v) is 13.2. The minimum atomic E-state index is -0.169. The molecule has 1 fully saturated rings. The van der Waals surface area contributed by atoms with Crippen LogP contribution in [0.2, 0.25) is 0 Å². The predicted octanol–water partition coefficient (Wildman–Crippen LogP) is 3.16. The molecule has 1 saturated heterocycles. The molecular weight excluding hydrogens is 316 g/mol. The molecule has 0 spiro atoms. The van der Waals surface area contributed by atoms with Crippen molar-refractivity contribution < 1.29 is 13.6 Å². The molecule has 7 nitrogen and oxygen atoms in total. The topological polar surface area (TPSA) is 88.2 Å².